The van der Waals surface area contributed by atoms with E-state index in [1.165, 1.54) is 6.26 Å². The van der Waals surface area contributed by atoms with Gasteiger partial charge in [0.05, 0.1) is 18.4 Å². The summed E-state index contributed by atoms with van der Waals surface area (Å²) in [5.41, 5.74) is 1.47. The molecule has 0 aliphatic rings. The lowest BCUT2D eigenvalue weighted by atomic mass is 10.2. The van der Waals surface area contributed by atoms with Crippen molar-refractivity contribution in [2.75, 3.05) is 6.61 Å². The molecule has 0 radical (unpaired) electrons. The number of benzene rings is 1. The summed E-state index contributed by atoms with van der Waals surface area (Å²) in [6.07, 6.45) is 1.47. The predicted molar refractivity (Wildman–Crippen MR) is 75.2 cm³/mol. The van der Waals surface area contributed by atoms with Gasteiger partial charge in [-0.1, -0.05) is 12.1 Å². The Hall–Kier alpha value is -1.75. The van der Waals surface area contributed by atoms with Crippen molar-refractivity contribution in [2.24, 2.45) is 0 Å². The first-order valence-electron chi connectivity index (χ1n) is 5.93. The highest BCUT2D eigenvalue weighted by molar-refractivity contribution is 9.10. The number of ether oxygens (including phenoxy) is 1. The SMILES string of the molecule is CCOc1cccc(CNC(=O)c2ccoc2Br)c1. The topological polar surface area (TPSA) is 51.5 Å². The molecule has 0 bridgehead atoms. The Balaban J connectivity index is 1.97. The molecule has 5 heteroatoms. The summed E-state index contributed by atoms with van der Waals surface area (Å²) in [6, 6.07) is 9.26. The molecule has 100 valence electrons. The molecule has 0 saturated heterocycles. The first-order valence-corrected chi connectivity index (χ1v) is 6.73. The fraction of sp³-hybridized carbons (Fsp3) is 0.214. The monoisotopic (exact) mass is 323 g/mol. The van der Waals surface area contributed by atoms with Gasteiger partial charge in [0, 0.05) is 6.54 Å². The zero-order valence-electron chi connectivity index (χ0n) is 10.5. The number of nitrogens with one attached hydrogen (secondary N) is 1. The molecular formula is C14H14BrNO3. The van der Waals surface area contributed by atoms with E-state index in [1.54, 1.807) is 6.07 Å². The van der Waals surface area contributed by atoms with E-state index in [2.05, 4.69) is 21.2 Å². The highest BCUT2D eigenvalue weighted by Gasteiger charge is 2.11. The molecule has 1 N–H and O–H groups in total. The number of halogens is 1. The van der Waals surface area contributed by atoms with Gasteiger partial charge in [-0.3, -0.25) is 4.79 Å². The minimum absolute atomic E-state index is 0.178. The van der Waals surface area contributed by atoms with Crippen LogP contribution in [0.5, 0.6) is 5.75 Å². The maximum Gasteiger partial charge on any atom is 0.256 e. The van der Waals surface area contributed by atoms with Gasteiger partial charge >= 0.3 is 0 Å². The lowest BCUT2D eigenvalue weighted by Crippen LogP contribution is -2.22. The van der Waals surface area contributed by atoms with E-state index in [0.717, 1.165) is 11.3 Å². The van der Waals surface area contributed by atoms with E-state index in [1.807, 2.05) is 31.2 Å². The second kappa shape index (κ2) is 6.43. The van der Waals surface area contributed by atoms with Gasteiger partial charge in [-0.25, -0.2) is 0 Å². The minimum Gasteiger partial charge on any atom is -0.494 e. The van der Waals surface area contributed by atoms with Crippen LogP contribution in [0.2, 0.25) is 0 Å². The summed E-state index contributed by atoms with van der Waals surface area (Å²) in [4.78, 5) is 11.9. The van der Waals surface area contributed by atoms with Gasteiger partial charge in [0.2, 0.25) is 0 Å². The molecule has 0 unspecified atom stereocenters. The molecule has 1 aromatic heterocycles. The molecular weight excluding hydrogens is 310 g/mol. The highest BCUT2D eigenvalue weighted by Crippen LogP contribution is 2.18. The molecule has 1 heterocycles. The van der Waals surface area contributed by atoms with Crippen molar-refractivity contribution < 1.29 is 13.9 Å². The fourth-order valence-corrected chi connectivity index (χ4v) is 2.07. The maximum absolute atomic E-state index is 11.9. The lowest BCUT2D eigenvalue weighted by Gasteiger charge is -2.07. The number of carbonyl (C=O) groups is 1. The van der Waals surface area contributed by atoms with Crippen LogP contribution in [-0.2, 0) is 6.54 Å². The van der Waals surface area contributed by atoms with E-state index in [-0.39, 0.29) is 5.91 Å². The first-order chi connectivity index (χ1) is 9.20. The van der Waals surface area contributed by atoms with Gasteiger partial charge in [0.15, 0.2) is 4.67 Å². The average molecular weight is 324 g/mol. The average Bonchev–Trinajstić information content (AvgIpc) is 2.83. The molecule has 2 rings (SSSR count). The molecule has 1 amide bonds. The molecule has 0 saturated carbocycles. The summed E-state index contributed by atoms with van der Waals surface area (Å²) >= 11 is 3.18. The molecule has 19 heavy (non-hydrogen) atoms. The number of rotatable bonds is 5. The van der Waals surface area contributed by atoms with Gasteiger partial charge in [-0.05, 0) is 46.6 Å². The Labute approximate surface area is 119 Å². The third-order valence-corrected chi connectivity index (χ3v) is 3.14. The van der Waals surface area contributed by atoms with Crippen LogP contribution in [0, 0.1) is 0 Å². The number of amides is 1. The molecule has 0 atom stereocenters. The van der Waals surface area contributed by atoms with Crippen LogP contribution in [0.1, 0.15) is 22.8 Å². The predicted octanol–water partition coefficient (Wildman–Crippen LogP) is 3.37. The molecule has 4 nitrogen and oxygen atoms in total. The molecule has 0 aliphatic carbocycles. The zero-order valence-corrected chi connectivity index (χ0v) is 12.1. The standard InChI is InChI=1S/C14H14BrNO3/c1-2-18-11-5-3-4-10(8-11)9-16-14(17)12-6-7-19-13(12)15/h3-8H,2,9H2,1H3,(H,16,17). The van der Waals surface area contributed by atoms with Crippen LogP contribution in [0.15, 0.2) is 45.7 Å². The van der Waals surface area contributed by atoms with E-state index >= 15 is 0 Å². The number of hydrogen-bond donors (Lipinski definition) is 1. The van der Waals surface area contributed by atoms with E-state index in [9.17, 15) is 4.79 Å². The van der Waals surface area contributed by atoms with Gasteiger partial charge in [-0.15, -0.1) is 0 Å². The van der Waals surface area contributed by atoms with Crippen molar-refractivity contribution in [1.82, 2.24) is 5.32 Å². The fourth-order valence-electron chi connectivity index (χ4n) is 1.65. The highest BCUT2D eigenvalue weighted by atomic mass is 79.9. The molecule has 0 aliphatic heterocycles. The Morgan fingerprint density at radius 3 is 2.95 bits per heavy atom. The quantitative estimate of drug-likeness (QED) is 0.917. The van der Waals surface area contributed by atoms with Gasteiger partial charge in [0.25, 0.3) is 5.91 Å². The Bertz CT molecular complexity index is 565. The van der Waals surface area contributed by atoms with Crippen LogP contribution in [0.3, 0.4) is 0 Å². The Kier molecular flexibility index (Phi) is 4.63. The van der Waals surface area contributed by atoms with Crippen LogP contribution >= 0.6 is 15.9 Å². The second-order valence-electron chi connectivity index (χ2n) is 3.87. The van der Waals surface area contributed by atoms with E-state index < -0.39 is 0 Å². The van der Waals surface area contributed by atoms with Crippen molar-refractivity contribution >= 4 is 21.8 Å². The smallest absolute Gasteiger partial charge is 0.256 e. The summed E-state index contributed by atoms with van der Waals surface area (Å²) < 4.78 is 10.9. The third kappa shape index (κ3) is 3.61. The molecule has 1 aromatic carbocycles. The Morgan fingerprint density at radius 1 is 1.42 bits per heavy atom. The van der Waals surface area contributed by atoms with Crippen LogP contribution in [0.25, 0.3) is 0 Å². The summed E-state index contributed by atoms with van der Waals surface area (Å²) in [6.45, 7) is 3.00. The van der Waals surface area contributed by atoms with Crippen LogP contribution in [-0.4, -0.2) is 12.5 Å². The first kappa shape index (κ1) is 13.7. The van der Waals surface area contributed by atoms with Gasteiger partial charge in [0.1, 0.15) is 5.75 Å². The van der Waals surface area contributed by atoms with Gasteiger partial charge in [-0.2, -0.15) is 0 Å². The zero-order chi connectivity index (χ0) is 13.7. The normalized spacial score (nSPS) is 10.2. The van der Waals surface area contributed by atoms with Crippen molar-refractivity contribution in [1.29, 1.82) is 0 Å². The minimum atomic E-state index is -0.178. The largest absolute Gasteiger partial charge is 0.494 e. The summed E-state index contributed by atoms with van der Waals surface area (Å²) in [7, 11) is 0. The maximum atomic E-state index is 11.9. The number of furan rings is 1. The third-order valence-electron chi connectivity index (χ3n) is 2.53. The lowest BCUT2D eigenvalue weighted by molar-refractivity contribution is 0.0949. The summed E-state index contributed by atoms with van der Waals surface area (Å²) in [5.74, 6) is 0.626. The number of hydrogen-bond acceptors (Lipinski definition) is 3. The van der Waals surface area contributed by atoms with Crippen molar-refractivity contribution in [3.05, 3.63) is 52.4 Å². The molecule has 0 spiro atoms. The van der Waals surface area contributed by atoms with Gasteiger partial charge < -0.3 is 14.5 Å². The Morgan fingerprint density at radius 2 is 2.26 bits per heavy atom. The van der Waals surface area contributed by atoms with E-state index in [0.29, 0.717) is 23.4 Å². The number of carbonyl (C=O) groups excluding carboxylic acids is 1. The molecule has 2 aromatic rings. The summed E-state index contributed by atoms with van der Waals surface area (Å²) in [5, 5.41) is 2.83. The van der Waals surface area contributed by atoms with Crippen molar-refractivity contribution in [2.45, 2.75) is 13.5 Å². The van der Waals surface area contributed by atoms with Crippen LogP contribution < -0.4 is 10.1 Å². The van der Waals surface area contributed by atoms with E-state index in [4.69, 9.17) is 9.15 Å². The van der Waals surface area contributed by atoms with Crippen LogP contribution in [0.4, 0.5) is 0 Å². The van der Waals surface area contributed by atoms with Crippen molar-refractivity contribution in [3.8, 4) is 5.75 Å². The molecule has 0 fully saturated rings. The second-order valence-corrected chi connectivity index (χ2v) is 4.59. The van der Waals surface area contributed by atoms with Crippen molar-refractivity contribution in [3.63, 3.8) is 0 Å².